The SMILES string of the molecule is Cc1cc(C)c(C(=O)[P+](=O)CC(C)(O)C(=O)c2ccc(OCCO)cc2)c(C)c1. The number of hydrogen-bond donors (Lipinski definition) is 2. The van der Waals surface area contributed by atoms with Crippen molar-refractivity contribution in [1.29, 1.82) is 0 Å². The maximum absolute atomic E-state index is 12.7. The molecule has 0 spiro atoms. The Morgan fingerprint density at radius 3 is 2.14 bits per heavy atom. The highest BCUT2D eigenvalue weighted by Crippen LogP contribution is 2.35. The van der Waals surface area contributed by atoms with E-state index in [1.807, 2.05) is 19.1 Å². The fourth-order valence-electron chi connectivity index (χ4n) is 3.24. The molecule has 0 fully saturated rings. The molecule has 0 saturated carbocycles. The second-order valence-electron chi connectivity index (χ2n) is 7.31. The fourth-order valence-corrected chi connectivity index (χ4v) is 4.69. The van der Waals surface area contributed by atoms with Gasteiger partial charge >= 0.3 is 13.3 Å². The first-order chi connectivity index (χ1) is 13.6. The number of rotatable bonds is 9. The number of Topliss-reactive ketones (excluding diaryl/α,β-unsaturated/α-hetero) is 1. The second-order valence-corrected chi connectivity index (χ2v) is 8.79. The van der Waals surface area contributed by atoms with E-state index in [4.69, 9.17) is 9.84 Å². The zero-order chi connectivity index (χ0) is 21.8. The Bertz CT molecular complexity index is 908. The summed E-state index contributed by atoms with van der Waals surface area (Å²) in [6, 6.07) is 9.73. The Morgan fingerprint density at radius 1 is 1.07 bits per heavy atom. The molecule has 0 radical (unpaired) electrons. The monoisotopic (exact) mass is 417 g/mol. The van der Waals surface area contributed by atoms with Gasteiger partial charge in [-0.25, -0.2) is 4.79 Å². The van der Waals surface area contributed by atoms with E-state index >= 15 is 0 Å². The zero-order valence-corrected chi connectivity index (χ0v) is 18.0. The van der Waals surface area contributed by atoms with Crippen molar-refractivity contribution in [2.45, 2.75) is 33.3 Å². The van der Waals surface area contributed by atoms with Crippen molar-refractivity contribution in [2.24, 2.45) is 0 Å². The van der Waals surface area contributed by atoms with Crippen LogP contribution in [0.15, 0.2) is 36.4 Å². The van der Waals surface area contributed by atoms with Crippen molar-refractivity contribution >= 4 is 19.1 Å². The normalized spacial score (nSPS) is 13.5. The highest BCUT2D eigenvalue weighted by Gasteiger charge is 2.44. The third-order valence-corrected chi connectivity index (χ3v) is 6.11. The quantitative estimate of drug-likeness (QED) is 0.478. The summed E-state index contributed by atoms with van der Waals surface area (Å²) in [4.78, 5) is 25.4. The first-order valence-corrected chi connectivity index (χ1v) is 10.7. The standard InChI is InChI=1S/C22H26O6P/c1-14-11-15(2)19(16(3)12-14)21(25)29(27)13-22(4,26)20(24)17-5-7-18(8-6-17)28-10-9-23/h5-8,11-12,23,26H,9-10,13H2,1-4H3/q+1. The Kier molecular flexibility index (Phi) is 7.42. The van der Waals surface area contributed by atoms with Crippen LogP contribution < -0.4 is 4.74 Å². The van der Waals surface area contributed by atoms with E-state index in [2.05, 4.69) is 0 Å². The Hall–Kier alpha value is -2.40. The van der Waals surface area contributed by atoms with Gasteiger partial charge in [0.2, 0.25) is 0 Å². The van der Waals surface area contributed by atoms with Gasteiger partial charge in [0, 0.05) is 5.56 Å². The summed E-state index contributed by atoms with van der Waals surface area (Å²) in [5.74, 6) is -0.151. The highest BCUT2D eigenvalue weighted by molar-refractivity contribution is 7.64. The molecule has 0 heterocycles. The van der Waals surface area contributed by atoms with Gasteiger partial charge in [0.15, 0.2) is 17.5 Å². The molecule has 2 aromatic carbocycles. The molecule has 0 aromatic heterocycles. The Balaban J connectivity index is 2.16. The van der Waals surface area contributed by atoms with Crippen LogP contribution in [0.2, 0.25) is 0 Å². The molecule has 0 saturated heterocycles. The van der Waals surface area contributed by atoms with Crippen molar-refractivity contribution < 1.29 is 29.1 Å². The summed E-state index contributed by atoms with van der Waals surface area (Å²) in [7, 11) is -2.50. The summed E-state index contributed by atoms with van der Waals surface area (Å²) < 4.78 is 17.9. The number of carbonyl (C=O) groups excluding carboxylic acids is 2. The van der Waals surface area contributed by atoms with Crippen LogP contribution >= 0.6 is 7.80 Å². The smallest absolute Gasteiger partial charge is 0.423 e. The van der Waals surface area contributed by atoms with Gasteiger partial charge in [-0.15, -0.1) is 0 Å². The average molecular weight is 417 g/mol. The van der Waals surface area contributed by atoms with E-state index in [0.29, 0.717) is 11.3 Å². The lowest BCUT2D eigenvalue weighted by molar-refractivity contribution is 0.0500. The van der Waals surface area contributed by atoms with Gasteiger partial charge < -0.3 is 14.9 Å². The molecule has 2 rings (SSSR count). The van der Waals surface area contributed by atoms with Gasteiger partial charge in [-0.1, -0.05) is 22.3 Å². The summed E-state index contributed by atoms with van der Waals surface area (Å²) in [6.07, 6.45) is -0.463. The minimum Gasteiger partial charge on any atom is -0.491 e. The fraction of sp³-hybridized carbons (Fsp3) is 0.364. The van der Waals surface area contributed by atoms with Crippen molar-refractivity contribution in [3.63, 3.8) is 0 Å². The molecule has 0 amide bonds. The molecular weight excluding hydrogens is 391 g/mol. The maximum Gasteiger partial charge on any atom is 0.423 e. The van der Waals surface area contributed by atoms with Crippen LogP contribution in [-0.4, -0.2) is 46.5 Å². The molecule has 154 valence electrons. The Morgan fingerprint density at radius 2 is 1.62 bits per heavy atom. The van der Waals surface area contributed by atoms with Gasteiger partial charge in [-0.2, -0.15) is 0 Å². The molecular formula is C22H26O6P+. The molecule has 2 aromatic rings. The highest BCUT2D eigenvalue weighted by atomic mass is 31.1. The van der Waals surface area contributed by atoms with E-state index in [1.165, 1.54) is 19.1 Å². The molecule has 0 aliphatic carbocycles. The lowest BCUT2D eigenvalue weighted by atomic mass is 9.96. The van der Waals surface area contributed by atoms with Crippen LogP contribution in [0.4, 0.5) is 0 Å². The summed E-state index contributed by atoms with van der Waals surface area (Å²) in [5, 5.41) is 19.4. The number of ether oxygens (including phenoxy) is 1. The van der Waals surface area contributed by atoms with Crippen LogP contribution in [0.25, 0.3) is 0 Å². The zero-order valence-electron chi connectivity index (χ0n) is 17.1. The predicted octanol–water partition coefficient (Wildman–Crippen LogP) is 3.58. The number of ketones is 1. The first kappa shape index (κ1) is 22.9. The van der Waals surface area contributed by atoms with Gasteiger partial charge in [-0.05, 0) is 63.1 Å². The maximum atomic E-state index is 12.7. The average Bonchev–Trinajstić information content (AvgIpc) is 2.64. The van der Waals surface area contributed by atoms with Crippen molar-refractivity contribution in [3.05, 3.63) is 64.2 Å². The first-order valence-electron chi connectivity index (χ1n) is 9.24. The summed E-state index contributed by atoms with van der Waals surface area (Å²) in [6.45, 7) is 6.74. The topological polar surface area (TPSA) is 101 Å². The van der Waals surface area contributed by atoms with E-state index in [9.17, 15) is 19.3 Å². The minimum atomic E-state index is -2.50. The third kappa shape index (κ3) is 5.57. The lowest BCUT2D eigenvalue weighted by Gasteiger charge is -2.17. The molecule has 6 nitrogen and oxygen atoms in total. The third-order valence-electron chi connectivity index (χ3n) is 4.53. The molecule has 29 heavy (non-hydrogen) atoms. The van der Waals surface area contributed by atoms with Crippen LogP contribution in [0.5, 0.6) is 5.75 Å². The predicted molar refractivity (Wildman–Crippen MR) is 111 cm³/mol. The molecule has 2 unspecified atom stereocenters. The van der Waals surface area contributed by atoms with Crippen molar-refractivity contribution in [2.75, 3.05) is 19.4 Å². The van der Waals surface area contributed by atoms with Gasteiger partial charge in [0.1, 0.15) is 12.4 Å². The number of aliphatic hydroxyl groups excluding tert-OH is 1. The minimum absolute atomic E-state index is 0.129. The largest absolute Gasteiger partial charge is 0.491 e. The van der Waals surface area contributed by atoms with E-state index < -0.39 is 30.9 Å². The summed E-state index contributed by atoms with van der Waals surface area (Å²) >= 11 is 0. The second kappa shape index (κ2) is 9.40. The molecule has 2 N–H and O–H groups in total. The Labute approximate surface area is 171 Å². The number of aliphatic hydroxyl groups is 2. The van der Waals surface area contributed by atoms with Crippen LogP contribution in [0, 0.1) is 20.8 Å². The molecule has 7 heteroatoms. The van der Waals surface area contributed by atoms with E-state index in [1.54, 1.807) is 26.0 Å². The van der Waals surface area contributed by atoms with Crippen molar-refractivity contribution in [1.82, 2.24) is 0 Å². The number of benzene rings is 2. The molecule has 0 aliphatic heterocycles. The van der Waals surface area contributed by atoms with Crippen LogP contribution in [0.1, 0.15) is 44.3 Å². The van der Waals surface area contributed by atoms with Gasteiger partial charge in [-0.3, -0.25) is 4.79 Å². The van der Waals surface area contributed by atoms with Gasteiger partial charge in [0.25, 0.3) is 0 Å². The number of aryl methyl sites for hydroxylation is 3. The molecule has 0 aliphatic rings. The van der Waals surface area contributed by atoms with E-state index in [-0.39, 0.29) is 18.8 Å². The van der Waals surface area contributed by atoms with Gasteiger partial charge in [0.05, 0.1) is 12.2 Å². The van der Waals surface area contributed by atoms with Crippen LogP contribution in [-0.2, 0) is 4.57 Å². The van der Waals surface area contributed by atoms with E-state index in [0.717, 1.165) is 16.7 Å². The summed E-state index contributed by atoms with van der Waals surface area (Å²) in [5.41, 5.74) is 0.523. The number of hydrogen-bond acceptors (Lipinski definition) is 6. The lowest BCUT2D eigenvalue weighted by Crippen LogP contribution is -2.38. The molecule has 2 atom stereocenters. The number of carbonyl (C=O) groups is 2. The molecule has 0 bridgehead atoms. The van der Waals surface area contributed by atoms with Crippen molar-refractivity contribution in [3.8, 4) is 5.75 Å². The van der Waals surface area contributed by atoms with Crippen LogP contribution in [0.3, 0.4) is 0 Å².